The highest BCUT2D eigenvalue weighted by molar-refractivity contribution is 6.31. The summed E-state index contributed by atoms with van der Waals surface area (Å²) in [6.07, 6.45) is -0.424. The summed E-state index contributed by atoms with van der Waals surface area (Å²) in [5.74, 6) is 0. The van der Waals surface area contributed by atoms with E-state index in [1.165, 1.54) is 0 Å². The van der Waals surface area contributed by atoms with Crippen LogP contribution in [0.15, 0.2) is 42.7 Å². The van der Waals surface area contributed by atoms with Gasteiger partial charge in [0.2, 0.25) is 0 Å². The molecule has 2 unspecified atom stereocenters. The summed E-state index contributed by atoms with van der Waals surface area (Å²) in [5.41, 5.74) is -0.454. The number of carbonyl (C=O) groups is 1. The van der Waals surface area contributed by atoms with Gasteiger partial charge in [0.25, 0.3) is 0 Å². The zero-order chi connectivity index (χ0) is 19.4. The van der Waals surface area contributed by atoms with E-state index in [2.05, 4.69) is 15.6 Å². The third-order valence-electron chi connectivity index (χ3n) is 4.21. The fourth-order valence-electron chi connectivity index (χ4n) is 2.94. The van der Waals surface area contributed by atoms with Crippen LogP contribution in [0.4, 0.5) is 23.7 Å². The van der Waals surface area contributed by atoms with Crippen molar-refractivity contribution in [2.75, 3.05) is 11.9 Å². The number of hydrogen-bond acceptors (Lipinski definition) is 3. The average Bonchev–Trinajstić information content (AvgIpc) is 2.61. The van der Waals surface area contributed by atoms with E-state index in [1.807, 2.05) is 6.07 Å². The summed E-state index contributed by atoms with van der Waals surface area (Å²) in [5, 5.41) is 5.05. The van der Waals surface area contributed by atoms with Crippen molar-refractivity contribution in [2.45, 2.75) is 31.2 Å². The number of ether oxygens (including phenoxy) is 1. The van der Waals surface area contributed by atoms with Gasteiger partial charge in [-0.25, -0.2) is 4.79 Å². The van der Waals surface area contributed by atoms with Crippen LogP contribution in [0, 0.1) is 0 Å². The standard InChI is InChI=1S/C18H17ClF3N3O2/c19-12-3-4-14(18(20,21)22)15(8-12)25-17(26)24-13-5-7-27-16(9-13)11-2-1-6-23-10-11/h1-4,6,8,10,13,16H,5,7,9H2,(H2,24,25,26). The minimum atomic E-state index is -4.60. The number of halogens is 4. The van der Waals surface area contributed by atoms with Crippen molar-refractivity contribution >= 4 is 23.3 Å². The number of carbonyl (C=O) groups excluding carboxylic acids is 1. The van der Waals surface area contributed by atoms with E-state index in [0.29, 0.717) is 19.4 Å². The van der Waals surface area contributed by atoms with Crippen molar-refractivity contribution < 1.29 is 22.7 Å². The number of nitrogens with one attached hydrogen (secondary N) is 2. The Morgan fingerprint density at radius 3 is 2.81 bits per heavy atom. The number of aromatic nitrogens is 1. The molecule has 0 spiro atoms. The first-order valence-corrected chi connectivity index (χ1v) is 8.66. The Labute approximate surface area is 158 Å². The van der Waals surface area contributed by atoms with Crippen LogP contribution in [-0.4, -0.2) is 23.7 Å². The van der Waals surface area contributed by atoms with Crippen LogP contribution in [0.1, 0.15) is 30.1 Å². The highest BCUT2D eigenvalue weighted by atomic mass is 35.5. The van der Waals surface area contributed by atoms with Gasteiger partial charge in [-0.1, -0.05) is 17.7 Å². The maximum absolute atomic E-state index is 13.1. The second-order valence-electron chi connectivity index (χ2n) is 6.15. The number of alkyl halides is 3. The van der Waals surface area contributed by atoms with Crippen molar-refractivity contribution in [3.05, 3.63) is 58.9 Å². The minimum Gasteiger partial charge on any atom is -0.373 e. The van der Waals surface area contributed by atoms with Crippen LogP contribution in [0.5, 0.6) is 0 Å². The molecule has 0 radical (unpaired) electrons. The molecule has 3 rings (SSSR count). The molecule has 2 atom stereocenters. The number of urea groups is 1. The van der Waals surface area contributed by atoms with Gasteiger partial charge in [0.15, 0.2) is 0 Å². The molecule has 1 saturated heterocycles. The van der Waals surface area contributed by atoms with Gasteiger partial charge in [0, 0.05) is 30.1 Å². The fraction of sp³-hybridized carbons (Fsp3) is 0.333. The summed E-state index contributed by atoms with van der Waals surface area (Å²) >= 11 is 5.77. The second-order valence-corrected chi connectivity index (χ2v) is 6.59. The lowest BCUT2D eigenvalue weighted by atomic mass is 9.99. The lowest BCUT2D eigenvalue weighted by Crippen LogP contribution is -2.42. The SMILES string of the molecule is O=C(Nc1cc(Cl)ccc1C(F)(F)F)NC1CCOC(c2cccnc2)C1. The third kappa shape index (κ3) is 5.11. The van der Waals surface area contributed by atoms with E-state index in [0.717, 1.165) is 23.8 Å². The number of nitrogens with zero attached hydrogens (tertiary/aromatic N) is 1. The van der Waals surface area contributed by atoms with Gasteiger partial charge in [-0.05, 0) is 42.7 Å². The Kier molecular flexibility index (Phi) is 5.86. The molecule has 2 aromatic rings. The Bertz CT molecular complexity index is 802. The molecule has 1 aromatic heterocycles. The van der Waals surface area contributed by atoms with Crippen LogP contribution in [0.3, 0.4) is 0 Å². The Morgan fingerprint density at radius 1 is 1.30 bits per heavy atom. The van der Waals surface area contributed by atoms with Crippen LogP contribution < -0.4 is 10.6 Å². The quantitative estimate of drug-likeness (QED) is 0.779. The zero-order valence-corrected chi connectivity index (χ0v) is 14.8. The predicted molar refractivity (Wildman–Crippen MR) is 94.6 cm³/mol. The van der Waals surface area contributed by atoms with E-state index in [9.17, 15) is 18.0 Å². The predicted octanol–water partition coefficient (Wildman–Crippen LogP) is 4.80. The Morgan fingerprint density at radius 2 is 2.11 bits per heavy atom. The van der Waals surface area contributed by atoms with Crippen LogP contribution in [0.2, 0.25) is 5.02 Å². The smallest absolute Gasteiger partial charge is 0.373 e. The number of amides is 2. The number of anilines is 1. The molecule has 1 aliphatic heterocycles. The number of rotatable bonds is 3. The van der Waals surface area contributed by atoms with E-state index in [-0.39, 0.29) is 22.9 Å². The van der Waals surface area contributed by atoms with Gasteiger partial charge >= 0.3 is 12.2 Å². The molecule has 27 heavy (non-hydrogen) atoms. The Balaban J connectivity index is 1.65. The number of benzene rings is 1. The molecule has 2 N–H and O–H groups in total. The van der Waals surface area contributed by atoms with E-state index < -0.39 is 17.8 Å². The van der Waals surface area contributed by atoms with Crippen molar-refractivity contribution in [1.82, 2.24) is 10.3 Å². The van der Waals surface area contributed by atoms with Gasteiger partial charge < -0.3 is 15.4 Å². The molecule has 9 heteroatoms. The van der Waals surface area contributed by atoms with Crippen molar-refractivity contribution in [3.63, 3.8) is 0 Å². The topological polar surface area (TPSA) is 63.2 Å². The molecule has 144 valence electrons. The van der Waals surface area contributed by atoms with Crippen molar-refractivity contribution in [1.29, 1.82) is 0 Å². The summed E-state index contributed by atoms with van der Waals surface area (Å²) < 4.78 is 45.0. The maximum Gasteiger partial charge on any atom is 0.418 e. The first-order chi connectivity index (χ1) is 12.8. The van der Waals surface area contributed by atoms with Crippen LogP contribution in [0.25, 0.3) is 0 Å². The molecule has 5 nitrogen and oxygen atoms in total. The lowest BCUT2D eigenvalue weighted by molar-refractivity contribution is -0.136. The summed E-state index contributed by atoms with van der Waals surface area (Å²) in [6, 6.07) is 5.75. The van der Waals surface area contributed by atoms with E-state index in [1.54, 1.807) is 18.5 Å². The molecule has 1 aliphatic rings. The minimum absolute atomic E-state index is 0.0982. The van der Waals surface area contributed by atoms with Gasteiger partial charge in [0.05, 0.1) is 17.4 Å². The monoisotopic (exact) mass is 399 g/mol. The Hall–Kier alpha value is -2.32. The lowest BCUT2D eigenvalue weighted by Gasteiger charge is -2.30. The third-order valence-corrected chi connectivity index (χ3v) is 4.45. The van der Waals surface area contributed by atoms with Gasteiger partial charge in [-0.3, -0.25) is 4.98 Å². The molecule has 2 amide bonds. The first kappa shape index (κ1) is 19.4. The first-order valence-electron chi connectivity index (χ1n) is 8.28. The molecule has 0 aliphatic carbocycles. The highest BCUT2D eigenvalue weighted by Crippen LogP contribution is 2.36. The van der Waals surface area contributed by atoms with Gasteiger partial charge in [-0.15, -0.1) is 0 Å². The molecular weight excluding hydrogens is 383 g/mol. The fourth-order valence-corrected chi connectivity index (χ4v) is 3.11. The maximum atomic E-state index is 13.1. The van der Waals surface area contributed by atoms with Gasteiger partial charge in [0.1, 0.15) is 0 Å². The number of hydrogen-bond donors (Lipinski definition) is 2. The summed E-state index contributed by atoms with van der Waals surface area (Å²) in [7, 11) is 0. The average molecular weight is 400 g/mol. The molecule has 1 aromatic carbocycles. The molecule has 1 fully saturated rings. The molecule has 2 heterocycles. The highest BCUT2D eigenvalue weighted by Gasteiger charge is 2.34. The van der Waals surface area contributed by atoms with Gasteiger partial charge in [-0.2, -0.15) is 13.2 Å². The summed E-state index contributed by atoms with van der Waals surface area (Å²) in [4.78, 5) is 16.3. The van der Waals surface area contributed by atoms with Crippen molar-refractivity contribution in [3.8, 4) is 0 Å². The molecule has 0 saturated carbocycles. The zero-order valence-electron chi connectivity index (χ0n) is 14.1. The van der Waals surface area contributed by atoms with E-state index in [4.69, 9.17) is 16.3 Å². The van der Waals surface area contributed by atoms with E-state index >= 15 is 0 Å². The second kappa shape index (κ2) is 8.14. The molecular formula is C18H17ClF3N3O2. The van der Waals surface area contributed by atoms with Crippen LogP contribution >= 0.6 is 11.6 Å². The van der Waals surface area contributed by atoms with Crippen molar-refractivity contribution in [2.24, 2.45) is 0 Å². The van der Waals surface area contributed by atoms with Crippen LogP contribution in [-0.2, 0) is 10.9 Å². The number of pyridine rings is 1. The largest absolute Gasteiger partial charge is 0.418 e. The summed E-state index contributed by atoms with van der Waals surface area (Å²) in [6.45, 7) is 0.426. The molecule has 0 bridgehead atoms. The normalized spacial score (nSPS) is 20.1.